The van der Waals surface area contributed by atoms with Crippen molar-refractivity contribution in [3.8, 4) is 0 Å². The van der Waals surface area contributed by atoms with Crippen LogP contribution in [0.25, 0.3) is 0 Å². The Morgan fingerprint density at radius 3 is 2.40 bits per heavy atom. The lowest BCUT2D eigenvalue weighted by atomic mass is 10.2. The molecule has 35 heavy (non-hydrogen) atoms. The Kier molecular flexibility index (Phi) is 9.31. The summed E-state index contributed by atoms with van der Waals surface area (Å²) in [6.07, 6.45) is 4.71. The van der Waals surface area contributed by atoms with Gasteiger partial charge in [-0.1, -0.05) is 50.1 Å². The molecule has 8 nitrogen and oxygen atoms in total. The summed E-state index contributed by atoms with van der Waals surface area (Å²) < 4.78 is 0. The second kappa shape index (κ2) is 12.8. The van der Waals surface area contributed by atoms with Crippen LogP contribution in [0.1, 0.15) is 50.3 Å². The molecule has 1 aromatic carbocycles. The molecule has 1 amide bonds. The van der Waals surface area contributed by atoms with Crippen LogP contribution in [0.5, 0.6) is 0 Å². The first-order valence-electron chi connectivity index (χ1n) is 13.2. The number of piperazine rings is 1. The maximum absolute atomic E-state index is 12.5. The van der Waals surface area contributed by atoms with E-state index in [1.54, 1.807) is 6.07 Å². The van der Waals surface area contributed by atoms with Crippen LogP contribution in [0.15, 0.2) is 41.2 Å². The fraction of sp³-hybridized carbons (Fsp3) is 0.593. The quantitative estimate of drug-likeness (QED) is 0.556. The minimum atomic E-state index is -0.107. The SMILES string of the molecule is CCCCCC(=O)N1CCCN(c2nc(CN3CCN(Cc4ccccc4)CC3)cc(=O)[nH]2)CC1. The molecular formula is C27H40N6O2. The Balaban J connectivity index is 1.29. The third-order valence-electron chi connectivity index (χ3n) is 7.02. The summed E-state index contributed by atoms with van der Waals surface area (Å²) in [7, 11) is 0. The molecule has 0 radical (unpaired) electrons. The van der Waals surface area contributed by atoms with Crippen LogP contribution in [0.4, 0.5) is 5.95 Å². The lowest BCUT2D eigenvalue weighted by Crippen LogP contribution is -2.45. The fourth-order valence-corrected chi connectivity index (χ4v) is 4.96. The molecule has 0 atom stereocenters. The van der Waals surface area contributed by atoms with E-state index >= 15 is 0 Å². The molecule has 1 N–H and O–H groups in total. The van der Waals surface area contributed by atoms with Gasteiger partial charge >= 0.3 is 0 Å². The van der Waals surface area contributed by atoms with Gasteiger partial charge in [0.15, 0.2) is 0 Å². The van der Waals surface area contributed by atoms with Crippen LogP contribution in [0, 0.1) is 0 Å². The average Bonchev–Trinajstić information content (AvgIpc) is 3.12. The molecule has 4 rings (SSSR count). The molecule has 2 aliphatic rings. The number of carbonyl (C=O) groups is 1. The number of amides is 1. The molecule has 0 bridgehead atoms. The van der Waals surface area contributed by atoms with E-state index in [1.165, 1.54) is 5.56 Å². The Morgan fingerprint density at radius 2 is 1.66 bits per heavy atom. The zero-order chi connectivity index (χ0) is 24.5. The first-order chi connectivity index (χ1) is 17.1. The topological polar surface area (TPSA) is 75.8 Å². The summed E-state index contributed by atoms with van der Waals surface area (Å²) in [6.45, 7) is 10.7. The number of H-pyrrole nitrogens is 1. The summed E-state index contributed by atoms with van der Waals surface area (Å²) in [4.78, 5) is 41.7. The lowest BCUT2D eigenvalue weighted by Gasteiger charge is -2.34. The standard InChI is InChI=1S/C27H40N6O2/c1-2-3-5-11-26(35)32-12-8-13-33(19-18-32)27-28-24(20-25(34)29-27)22-31-16-14-30(15-17-31)21-23-9-6-4-7-10-23/h4,6-7,9-10,20H,2-3,5,8,11-19,21-22H2,1H3,(H,28,29,34). The van der Waals surface area contributed by atoms with E-state index < -0.39 is 0 Å². The monoisotopic (exact) mass is 480 g/mol. The number of carbonyl (C=O) groups excluding carboxylic acids is 1. The summed E-state index contributed by atoms with van der Waals surface area (Å²) in [5.74, 6) is 0.886. The zero-order valence-corrected chi connectivity index (χ0v) is 21.1. The molecule has 0 aliphatic carbocycles. The Morgan fingerprint density at radius 1 is 0.914 bits per heavy atom. The highest BCUT2D eigenvalue weighted by Gasteiger charge is 2.22. The molecule has 0 unspecified atom stereocenters. The van der Waals surface area contributed by atoms with Crippen LogP contribution in [-0.4, -0.2) is 82.9 Å². The van der Waals surface area contributed by atoms with E-state index in [2.05, 4.69) is 56.9 Å². The number of hydrogen-bond donors (Lipinski definition) is 1. The van der Waals surface area contributed by atoms with Crippen molar-refractivity contribution in [1.82, 2.24) is 24.7 Å². The molecule has 3 heterocycles. The Hall–Kier alpha value is -2.71. The molecule has 2 aliphatic heterocycles. The van der Waals surface area contributed by atoms with Crippen molar-refractivity contribution in [3.05, 3.63) is 58.0 Å². The van der Waals surface area contributed by atoms with E-state index in [9.17, 15) is 9.59 Å². The summed E-state index contributed by atoms with van der Waals surface area (Å²) >= 11 is 0. The van der Waals surface area contributed by atoms with E-state index in [0.29, 0.717) is 32.0 Å². The number of rotatable bonds is 9. The summed E-state index contributed by atoms with van der Waals surface area (Å²) in [5, 5.41) is 0. The van der Waals surface area contributed by atoms with Gasteiger partial charge in [-0.15, -0.1) is 0 Å². The van der Waals surface area contributed by atoms with Crippen LogP contribution in [0.3, 0.4) is 0 Å². The summed E-state index contributed by atoms with van der Waals surface area (Å²) in [6, 6.07) is 12.2. The van der Waals surface area contributed by atoms with Gasteiger partial charge in [0.1, 0.15) is 0 Å². The van der Waals surface area contributed by atoms with Crippen LogP contribution in [0.2, 0.25) is 0 Å². The van der Waals surface area contributed by atoms with Gasteiger partial charge in [-0.2, -0.15) is 0 Å². The predicted molar refractivity (Wildman–Crippen MR) is 139 cm³/mol. The fourth-order valence-electron chi connectivity index (χ4n) is 4.96. The van der Waals surface area contributed by atoms with E-state index in [-0.39, 0.29) is 11.5 Å². The average molecular weight is 481 g/mol. The Bertz CT molecular complexity index is 987. The third-order valence-corrected chi connectivity index (χ3v) is 7.02. The maximum Gasteiger partial charge on any atom is 0.252 e. The van der Waals surface area contributed by atoms with Crippen molar-refractivity contribution in [1.29, 1.82) is 0 Å². The van der Waals surface area contributed by atoms with Gasteiger partial charge in [-0.3, -0.25) is 24.4 Å². The zero-order valence-electron chi connectivity index (χ0n) is 21.1. The van der Waals surface area contributed by atoms with Crippen LogP contribution < -0.4 is 10.5 Å². The minimum Gasteiger partial charge on any atom is -0.341 e. The first-order valence-corrected chi connectivity index (χ1v) is 13.2. The predicted octanol–water partition coefficient (Wildman–Crippen LogP) is 2.71. The van der Waals surface area contributed by atoms with E-state index in [4.69, 9.17) is 4.98 Å². The van der Waals surface area contributed by atoms with Crippen molar-refractivity contribution in [2.75, 3.05) is 57.3 Å². The minimum absolute atomic E-state index is 0.107. The molecular weight excluding hydrogens is 440 g/mol. The van der Waals surface area contributed by atoms with Crippen LogP contribution >= 0.6 is 0 Å². The highest BCUT2D eigenvalue weighted by atomic mass is 16.2. The second-order valence-electron chi connectivity index (χ2n) is 9.78. The van der Waals surface area contributed by atoms with Gasteiger partial charge in [0.05, 0.1) is 5.69 Å². The number of anilines is 1. The molecule has 2 saturated heterocycles. The van der Waals surface area contributed by atoms with Crippen molar-refractivity contribution in [2.24, 2.45) is 0 Å². The van der Waals surface area contributed by atoms with Gasteiger partial charge in [0, 0.05) is 77.9 Å². The van der Waals surface area contributed by atoms with Crippen molar-refractivity contribution in [3.63, 3.8) is 0 Å². The number of benzene rings is 1. The van der Waals surface area contributed by atoms with E-state index in [1.807, 2.05) is 4.90 Å². The molecule has 8 heteroatoms. The summed E-state index contributed by atoms with van der Waals surface area (Å²) in [5.41, 5.74) is 2.06. The molecule has 190 valence electrons. The largest absolute Gasteiger partial charge is 0.341 e. The van der Waals surface area contributed by atoms with Gasteiger partial charge in [0.2, 0.25) is 11.9 Å². The Labute approximate surface area is 208 Å². The number of aromatic nitrogens is 2. The van der Waals surface area contributed by atoms with Crippen molar-refractivity contribution in [2.45, 2.75) is 52.1 Å². The molecule has 0 saturated carbocycles. The number of hydrogen-bond acceptors (Lipinski definition) is 6. The first kappa shape index (κ1) is 25.4. The maximum atomic E-state index is 12.5. The molecule has 0 spiro atoms. The number of aromatic amines is 1. The van der Waals surface area contributed by atoms with Crippen LogP contribution in [-0.2, 0) is 17.9 Å². The third kappa shape index (κ3) is 7.64. The van der Waals surface area contributed by atoms with Gasteiger partial charge in [-0.25, -0.2) is 4.98 Å². The second-order valence-corrected chi connectivity index (χ2v) is 9.78. The number of nitrogens with one attached hydrogen (secondary N) is 1. The molecule has 2 fully saturated rings. The van der Waals surface area contributed by atoms with Gasteiger partial charge in [0.25, 0.3) is 5.56 Å². The van der Waals surface area contributed by atoms with Crippen molar-refractivity contribution >= 4 is 11.9 Å². The lowest BCUT2D eigenvalue weighted by molar-refractivity contribution is -0.131. The number of unbranched alkanes of at least 4 members (excludes halogenated alkanes) is 2. The smallest absolute Gasteiger partial charge is 0.252 e. The van der Waals surface area contributed by atoms with Gasteiger partial charge < -0.3 is 9.80 Å². The van der Waals surface area contributed by atoms with E-state index in [0.717, 1.165) is 77.2 Å². The number of nitrogens with zero attached hydrogens (tertiary/aromatic N) is 5. The normalized spacial score (nSPS) is 18.0. The van der Waals surface area contributed by atoms with Crippen molar-refractivity contribution < 1.29 is 4.79 Å². The highest BCUT2D eigenvalue weighted by molar-refractivity contribution is 5.76. The van der Waals surface area contributed by atoms with Gasteiger partial charge in [-0.05, 0) is 18.4 Å². The molecule has 2 aromatic rings. The highest BCUT2D eigenvalue weighted by Crippen LogP contribution is 2.14. The molecule has 1 aromatic heterocycles.